The quantitative estimate of drug-likeness (QED) is 0.559. The second-order valence-electron chi connectivity index (χ2n) is 4.87. The molecule has 0 amide bonds. The average molecular weight is 268 g/mol. The van der Waals surface area contributed by atoms with Gasteiger partial charge in [0.1, 0.15) is 12.0 Å². The van der Waals surface area contributed by atoms with E-state index in [1.807, 2.05) is 0 Å². The van der Waals surface area contributed by atoms with E-state index in [1.165, 1.54) is 0 Å². The first-order valence-electron chi connectivity index (χ1n) is 6.45. The topological polar surface area (TPSA) is 86.7 Å². The highest BCUT2D eigenvalue weighted by Crippen LogP contribution is 2.35. The summed E-state index contributed by atoms with van der Waals surface area (Å²) in [5.74, 6) is -2.40. The molecule has 0 radical (unpaired) electrons. The van der Waals surface area contributed by atoms with E-state index < -0.39 is 29.7 Å². The van der Waals surface area contributed by atoms with E-state index in [1.54, 1.807) is 6.92 Å². The average Bonchev–Trinajstić information content (AvgIpc) is 3.11. The van der Waals surface area contributed by atoms with Gasteiger partial charge in [0.2, 0.25) is 0 Å². The lowest BCUT2D eigenvalue weighted by molar-refractivity contribution is -0.145. The van der Waals surface area contributed by atoms with Crippen molar-refractivity contribution in [2.75, 3.05) is 6.61 Å². The molecule has 0 unspecified atom stereocenters. The lowest BCUT2D eigenvalue weighted by atomic mass is 9.81. The third-order valence-electron chi connectivity index (χ3n) is 3.29. The first-order valence-corrected chi connectivity index (χ1v) is 6.45. The molecule has 0 spiro atoms. The first-order chi connectivity index (χ1) is 9.02. The second kappa shape index (κ2) is 5.50. The van der Waals surface area contributed by atoms with Gasteiger partial charge < -0.3 is 9.47 Å². The summed E-state index contributed by atoms with van der Waals surface area (Å²) in [4.78, 5) is 46.7. The fourth-order valence-electron chi connectivity index (χ4n) is 2.23. The summed E-state index contributed by atoms with van der Waals surface area (Å²) in [5.41, 5.74) is 0. The van der Waals surface area contributed by atoms with Crippen molar-refractivity contribution in [1.82, 2.24) is 0 Å². The highest BCUT2D eigenvalue weighted by Gasteiger charge is 2.46. The lowest BCUT2D eigenvalue weighted by Crippen LogP contribution is -2.42. The number of carbonyl (C=O) groups is 4. The van der Waals surface area contributed by atoms with Crippen LogP contribution in [-0.2, 0) is 23.9 Å². The fourth-order valence-corrected chi connectivity index (χ4v) is 2.23. The van der Waals surface area contributed by atoms with Gasteiger partial charge in [0.05, 0.1) is 6.61 Å². The molecule has 2 fully saturated rings. The maximum Gasteiger partial charge on any atom is 0.508 e. The molecule has 0 bridgehead atoms. The zero-order chi connectivity index (χ0) is 14.0. The second-order valence-corrected chi connectivity index (χ2v) is 4.87. The molecule has 0 aliphatic heterocycles. The van der Waals surface area contributed by atoms with Crippen molar-refractivity contribution >= 4 is 23.5 Å². The van der Waals surface area contributed by atoms with E-state index >= 15 is 0 Å². The standard InChI is InChI=1S/C13H16O6/c1-2-18-13(17)19-8-5-9(14)11(10(15)6-8)12(16)7-3-4-7/h7-8,11H,2-6H2,1H3. The van der Waals surface area contributed by atoms with Crippen LogP contribution in [0.4, 0.5) is 4.79 Å². The van der Waals surface area contributed by atoms with Crippen LogP contribution in [0.1, 0.15) is 32.6 Å². The number of ether oxygens (including phenoxy) is 2. The van der Waals surface area contributed by atoms with Gasteiger partial charge in [0.15, 0.2) is 17.3 Å². The summed E-state index contributed by atoms with van der Waals surface area (Å²) in [7, 11) is 0. The van der Waals surface area contributed by atoms with Crippen LogP contribution in [0.25, 0.3) is 0 Å². The summed E-state index contributed by atoms with van der Waals surface area (Å²) in [5, 5.41) is 0. The van der Waals surface area contributed by atoms with Gasteiger partial charge >= 0.3 is 6.16 Å². The molecule has 19 heavy (non-hydrogen) atoms. The summed E-state index contributed by atoms with van der Waals surface area (Å²) < 4.78 is 9.45. The molecule has 0 atom stereocenters. The largest absolute Gasteiger partial charge is 0.508 e. The number of hydrogen-bond acceptors (Lipinski definition) is 6. The lowest BCUT2D eigenvalue weighted by Gasteiger charge is -2.25. The monoisotopic (exact) mass is 268 g/mol. The maximum atomic E-state index is 11.9. The number of hydrogen-bond donors (Lipinski definition) is 0. The minimum Gasteiger partial charge on any atom is -0.435 e. The van der Waals surface area contributed by atoms with Gasteiger partial charge in [0, 0.05) is 18.8 Å². The predicted molar refractivity (Wildman–Crippen MR) is 62.4 cm³/mol. The third kappa shape index (κ3) is 3.19. The zero-order valence-corrected chi connectivity index (χ0v) is 10.7. The highest BCUT2D eigenvalue weighted by atomic mass is 16.7. The van der Waals surface area contributed by atoms with Crippen molar-refractivity contribution in [2.24, 2.45) is 11.8 Å². The Bertz CT molecular complexity index is 405. The molecule has 0 saturated heterocycles. The molecule has 0 aromatic carbocycles. The van der Waals surface area contributed by atoms with E-state index in [0.29, 0.717) is 0 Å². The molecular formula is C13H16O6. The van der Waals surface area contributed by atoms with Crippen LogP contribution in [0.15, 0.2) is 0 Å². The van der Waals surface area contributed by atoms with Gasteiger partial charge in [-0.1, -0.05) is 0 Å². The van der Waals surface area contributed by atoms with Crippen LogP contribution < -0.4 is 0 Å². The predicted octanol–water partition coefficient (Wildman–Crippen LogP) is 1.06. The number of Topliss-reactive ketones (excluding diaryl/α,β-unsaturated/α-hetero) is 3. The normalized spacial score (nSPS) is 27.0. The Hall–Kier alpha value is -1.72. The van der Waals surface area contributed by atoms with Gasteiger partial charge in [0.25, 0.3) is 0 Å². The van der Waals surface area contributed by atoms with Gasteiger partial charge in [-0.2, -0.15) is 0 Å². The van der Waals surface area contributed by atoms with Crippen LogP contribution in [0.3, 0.4) is 0 Å². The summed E-state index contributed by atoms with van der Waals surface area (Å²) >= 11 is 0. The van der Waals surface area contributed by atoms with Crippen LogP contribution in [0, 0.1) is 11.8 Å². The summed E-state index contributed by atoms with van der Waals surface area (Å²) in [6.07, 6.45) is -0.346. The molecule has 2 rings (SSSR count). The molecule has 2 aliphatic carbocycles. The molecule has 6 heteroatoms. The van der Waals surface area contributed by atoms with Crippen molar-refractivity contribution in [3.63, 3.8) is 0 Å². The van der Waals surface area contributed by atoms with E-state index in [2.05, 4.69) is 4.74 Å². The molecule has 104 valence electrons. The Morgan fingerprint density at radius 1 is 1.16 bits per heavy atom. The fraction of sp³-hybridized carbons (Fsp3) is 0.692. The Morgan fingerprint density at radius 3 is 2.21 bits per heavy atom. The minimum absolute atomic E-state index is 0.0896. The molecule has 2 aliphatic rings. The Balaban J connectivity index is 1.94. The third-order valence-corrected chi connectivity index (χ3v) is 3.29. The highest BCUT2D eigenvalue weighted by molar-refractivity contribution is 6.21. The van der Waals surface area contributed by atoms with E-state index in [0.717, 1.165) is 12.8 Å². The smallest absolute Gasteiger partial charge is 0.435 e. The van der Waals surface area contributed by atoms with Gasteiger partial charge in [-0.25, -0.2) is 4.79 Å². The number of rotatable bonds is 4. The van der Waals surface area contributed by atoms with Crippen molar-refractivity contribution in [1.29, 1.82) is 0 Å². The summed E-state index contributed by atoms with van der Waals surface area (Å²) in [6.45, 7) is 1.79. The van der Waals surface area contributed by atoms with Crippen molar-refractivity contribution in [3.8, 4) is 0 Å². The minimum atomic E-state index is -1.13. The maximum absolute atomic E-state index is 11.9. The Kier molecular flexibility index (Phi) is 3.97. The number of carbonyl (C=O) groups excluding carboxylic acids is 4. The zero-order valence-electron chi connectivity index (χ0n) is 10.7. The van der Waals surface area contributed by atoms with E-state index in [-0.39, 0.29) is 31.1 Å². The molecule has 0 aromatic heterocycles. The van der Waals surface area contributed by atoms with Crippen LogP contribution >= 0.6 is 0 Å². The van der Waals surface area contributed by atoms with Crippen molar-refractivity contribution in [3.05, 3.63) is 0 Å². The summed E-state index contributed by atoms with van der Waals surface area (Å²) in [6, 6.07) is 0. The van der Waals surface area contributed by atoms with Crippen LogP contribution in [-0.4, -0.2) is 36.2 Å². The molecule has 2 saturated carbocycles. The molecule has 0 heterocycles. The number of ketones is 3. The van der Waals surface area contributed by atoms with Gasteiger partial charge in [-0.3, -0.25) is 14.4 Å². The molecule has 6 nitrogen and oxygen atoms in total. The SMILES string of the molecule is CCOC(=O)OC1CC(=O)C(C(=O)C2CC2)C(=O)C1. The van der Waals surface area contributed by atoms with Crippen LogP contribution in [0.5, 0.6) is 0 Å². The van der Waals surface area contributed by atoms with E-state index in [9.17, 15) is 19.2 Å². The molecule has 0 N–H and O–H groups in total. The molecule has 0 aromatic rings. The Morgan fingerprint density at radius 2 is 1.74 bits per heavy atom. The molecular weight excluding hydrogens is 252 g/mol. The Labute approximate surface area is 110 Å². The van der Waals surface area contributed by atoms with Crippen molar-refractivity contribution < 1.29 is 28.7 Å². The van der Waals surface area contributed by atoms with Gasteiger partial charge in [-0.15, -0.1) is 0 Å². The van der Waals surface area contributed by atoms with Crippen LogP contribution in [0.2, 0.25) is 0 Å². The first kappa shape index (κ1) is 13.7. The van der Waals surface area contributed by atoms with Crippen molar-refractivity contribution in [2.45, 2.75) is 38.7 Å². The van der Waals surface area contributed by atoms with Gasteiger partial charge in [-0.05, 0) is 19.8 Å². The van der Waals surface area contributed by atoms with E-state index in [4.69, 9.17) is 4.74 Å².